The monoisotopic (exact) mass is 565 g/mol. The van der Waals surface area contributed by atoms with E-state index >= 15 is 0 Å². The fraction of sp³-hybridized carbons (Fsp3) is 0.536. The standard InChI is InChI=1S/C28H40FN3O6S/c1-19-17-32(20(2)18-33)28(34)25-15-23(31-39(35,36)24-11-8-22(29)9-12-24)10-13-26(25)38-21(3)7-5-6-14-37-27(19)16-30-4/h8-13,15,19-21,27,30-31,33H,5-7,14,16-18H2,1-4H3/t19-,20-,21+,27-/m0/s1. The molecule has 1 amide bonds. The molecular weight excluding hydrogens is 525 g/mol. The summed E-state index contributed by atoms with van der Waals surface area (Å²) in [5.74, 6) is -0.664. The molecule has 0 aliphatic carbocycles. The average molecular weight is 566 g/mol. The van der Waals surface area contributed by atoms with E-state index in [1.165, 1.54) is 24.3 Å². The number of nitrogens with one attached hydrogen (secondary N) is 2. The van der Waals surface area contributed by atoms with Crippen molar-refractivity contribution >= 4 is 21.6 Å². The SMILES string of the molecule is CNC[C@@H]1OCCCC[C@@H](C)Oc2ccc(NS(=O)(=O)c3ccc(F)cc3)cc2C(=O)N([C@@H](C)CO)C[C@@H]1C. The van der Waals surface area contributed by atoms with Crippen molar-refractivity contribution in [2.75, 3.05) is 38.1 Å². The zero-order chi connectivity index (χ0) is 28.6. The van der Waals surface area contributed by atoms with E-state index in [1.807, 2.05) is 20.9 Å². The van der Waals surface area contributed by atoms with Crippen LogP contribution in [0.2, 0.25) is 0 Å². The lowest BCUT2D eigenvalue weighted by Crippen LogP contribution is -2.47. The second-order valence-electron chi connectivity index (χ2n) is 10.1. The second kappa shape index (κ2) is 14.1. The molecule has 0 unspecified atom stereocenters. The molecule has 3 N–H and O–H groups in total. The van der Waals surface area contributed by atoms with Crippen LogP contribution < -0.4 is 14.8 Å². The summed E-state index contributed by atoms with van der Waals surface area (Å²) in [6.45, 7) is 6.96. The van der Waals surface area contributed by atoms with Gasteiger partial charge in [0.15, 0.2) is 0 Å². The van der Waals surface area contributed by atoms with E-state index in [4.69, 9.17) is 9.47 Å². The van der Waals surface area contributed by atoms with Gasteiger partial charge in [-0.25, -0.2) is 12.8 Å². The molecule has 3 rings (SSSR count). The van der Waals surface area contributed by atoms with Crippen molar-refractivity contribution in [2.45, 2.75) is 63.2 Å². The number of carbonyl (C=O) groups is 1. The van der Waals surface area contributed by atoms with Gasteiger partial charge in [-0.3, -0.25) is 9.52 Å². The summed E-state index contributed by atoms with van der Waals surface area (Å²) in [5.41, 5.74) is 0.335. The highest BCUT2D eigenvalue weighted by Gasteiger charge is 2.30. The zero-order valence-corrected chi connectivity index (χ0v) is 23.8. The molecule has 0 radical (unpaired) electrons. The number of likely N-dealkylation sites (N-methyl/N-ethyl adjacent to an activating group) is 1. The van der Waals surface area contributed by atoms with Gasteiger partial charge < -0.3 is 24.8 Å². The number of benzene rings is 2. The lowest BCUT2D eigenvalue weighted by atomic mass is 10.0. The summed E-state index contributed by atoms with van der Waals surface area (Å²) in [5, 5.41) is 13.1. The molecule has 0 spiro atoms. The normalized spacial score (nSPS) is 22.4. The van der Waals surface area contributed by atoms with E-state index in [9.17, 15) is 22.7 Å². The molecule has 0 aromatic heterocycles. The minimum absolute atomic E-state index is 0.0539. The molecule has 2 aromatic rings. The molecule has 1 aliphatic rings. The summed E-state index contributed by atoms with van der Waals surface area (Å²) in [4.78, 5) is 15.5. The van der Waals surface area contributed by atoms with E-state index in [0.29, 0.717) is 25.4 Å². The summed E-state index contributed by atoms with van der Waals surface area (Å²) in [6.07, 6.45) is 2.17. The van der Waals surface area contributed by atoms with Crippen LogP contribution in [0.15, 0.2) is 47.4 Å². The van der Waals surface area contributed by atoms with E-state index < -0.39 is 27.8 Å². The molecule has 0 saturated carbocycles. The van der Waals surface area contributed by atoms with E-state index in [0.717, 1.165) is 31.4 Å². The lowest BCUT2D eigenvalue weighted by Gasteiger charge is -2.34. The Morgan fingerprint density at radius 2 is 1.87 bits per heavy atom. The van der Waals surface area contributed by atoms with Gasteiger partial charge in [0.1, 0.15) is 11.6 Å². The third-order valence-corrected chi connectivity index (χ3v) is 8.23. The first-order valence-corrected chi connectivity index (χ1v) is 14.8. The number of aliphatic hydroxyl groups excluding tert-OH is 1. The molecule has 9 nitrogen and oxygen atoms in total. The maximum Gasteiger partial charge on any atom is 0.261 e. The van der Waals surface area contributed by atoms with Crippen LogP contribution in [0, 0.1) is 11.7 Å². The summed E-state index contributed by atoms with van der Waals surface area (Å²) in [7, 11) is -2.18. The molecule has 1 aliphatic heterocycles. The van der Waals surface area contributed by atoms with Gasteiger partial charge in [-0.2, -0.15) is 0 Å². The van der Waals surface area contributed by atoms with Gasteiger partial charge in [-0.15, -0.1) is 0 Å². The largest absolute Gasteiger partial charge is 0.490 e. The topological polar surface area (TPSA) is 117 Å². The molecule has 2 aromatic carbocycles. The Labute approximate surface area is 230 Å². The third kappa shape index (κ3) is 8.38. The molecular formula is C28H40FN3O6S. The minimum atomic E-state index is -4.04. The summed E-state index contributed by atoms with van der Waals surface area (Å²) < 4.78 is 54.0. The predicted molar refractivity (Wildman–Crippen MR) is 148 cm³/mol. The van der Waals surface area contributed by atoms with Crippen LogP contribution >= 0.6 is 0 Å². The first kappa shape index (κ1) is 30.8. The fourth-order valence-electron chi connectivity index (χ4n) is 4.51. The maximum atomic E-state index is 14.0. The Morgan fingerprint density at radius 3 is 2.54 bits per heavy atom. The van der Waals surface area contributed by atoms with Crippen LogP contribution in [0.3, 0.4) is 0 Å². The van der Waals surface area contributed by atoms with Crippen LogP contribution in [-0.4, -0.2) is 75.9 Å². The number of nitrogens with zero attached hydrogens (tertiary/aromatic N) is 1. The van der Waals surface area contributed by atoms with Crippen molar-refractivity contribution in [3.8, 4) is 5.75 Å². The molecule has 11 heteroatoms. The lowest BCUT2D eigenvalue weighted by molar-refractivity contribution is -0.000450. The first-order chi connectivity index (χ1) is 18.6. The number of ether oxygens (including phenoxy) is 2. The number of carbonyl (C=O) groups excluding carboxylic acids is 1. The molecule has 0 bridgehead atoms. The number of rotatable bonds is 7. The number of fused-ring (bicyclic) bond motifs is 1. The predicted octanol–water partition coefficient (Wildman–Crippen LogP) is 3.64. The minimum Gasteiger partial charge on any atom is -0.490 e. The fourth-order valence-corrected chi connectivity index (χ4v) is 5.55. The smallest absolute Gasteiger partial charge is 0.261 e. The number of halogens is 1. The van der Waals surface area contributed by atoms with Crippen LogP contribution in [0.5, 0.6) is 5.75 Å². The quantitative estimate of drug-likeness (QED) is 0.469. The number of hydrogen-bond donors (Lipinski definition) is 3. The van der Waals surface area contributed by atoms with Crippen molar-refractivity contribution in [3.05, 3.63) is 53.8 Å². The van der Waals surface area contributed by atoms with E-state index in [-0.39, 0.29) is 40.9 Å². The van der Waals surface area contributed by atoms with Gasteiger partial charge in [0.25, 0.3) is 15.9 Å². The highest BCUT2D eigenvalue weighted by atomic mass is 32.2. The van der Waals surface area contributed by atoms with Crippen LogP contribution in [-0.2, 0) is 14.8 Å². The molecule has 39 heavy (non-hydrogen) atoms. The van der Waals surface area contributed by atoms with Gasteiger partial charge in [0.2, 0.25) is 0 Å². The number of anilines is 1. The van der Waals surface area contributed by atoms with Crippen molar-refractivity contribution < 1.29 is 32.2 Å². The maximum absolute atomic E-state index is 14.0. The zero-order valence-electron chi connectivity index (χ0n) is 23.0. The molecule has 1 heterocycles. The van der Waals surface area contributed by atoms with Gasteiger partial charge in [-0.05, 0) is 82.6 Å². The second-order valence-corrected chi connectivity index (χ2v) is 11.8. The van der Waals surface area contributed by atoms with E-state index in [1.54, 1.807) is 17.9 Å². The third-order valence-electron chi connectivity index (χ3n) is 6.83. The van der Waals surface area contributed by atoms with Crippen molar-refractivity contribution in [3.63, 3.8) is 0 Å². The van der Waals surface area contributed by atoms with Gasteiger partial charge in [0, 0.05) is 31.3 Å². The number of amides is 1. The van der Waals surface area contributed by atoms with Crippen molar-refractivity contribution in [2.24, 2.45) is 5.92 Å². The van der Waals surface area contributed by atoms with Gasteiger partial charge >= 0.3 is 0 Å². The highest BCUT2D eigenvalue weighted by Crippen LogP contribution is 2.29. The van der Waals surface area contributed by atoms with E-state index in [2.05, 4.69) is 10.0 Å². The van der Waals surface area contributed by atoms with Crippen LogP contribution in [0.25, 0.3) is 0 Å². The highest BCUT2D eigenvalue weighted by molar-refractivity contribution is 7.92. The van der Waals surface area contributed by atoms with Gasteiger partial charge in [0.05, 0.1) is 35.3 Å². The van der Waals surface area contributed by atoms with Crippen LogP contribution in [0.4, 0.5) is 10.1 Å². The number of sulfonamides is 1. The Balaban J connectivity index is 2.02. The van der Waals surface area contributed by atoms with Crippen molar-refractivity contribution in [1.82, 2.24) is 10.2 Å². The Morgan fingerprint density at radius 1 is 1.15 bits per heavy atom. The van der Waals surface area contributed by atoms with Gasteiger partial charge in [-0.1, -0.05) is 6.92 Å². The molecule has 4 atom stereocenters. The first-order valence-electron chi connectivity index (χ1n) is 13.3. The van der Waals surface area contributed by atoms with Crippen LogP contribution in [0.1, 0.15) is 50.4 Å². The Hall–Kier alpha value is -2.73. The molecule has 0 fully saturated rings. The average Bonchev–Trinajstić information content (AvgIpc) is 2.90. The molecule has 216 valence electrons. The van der Waals surface area contributed by atoms with Crippen molar-refractivity contribution in [1.29, 1.82) is 0 Å². The molecule has 0 saturated heterocycles. The Kier molecular flexibility index (Phi) is 11.1. The summed E-state index contributed by atoms with van der Waals surface area (Å²) in [6, 6.07) is 8.52. The number of aliphatic hydroxyl groups is 1. The number of hydrogen-bond acceptors (Lipinski definition) is 7. The Bertz CT molecular complexity index is 1190. The summed E-state index contributed by atoms with van der Waals surface area (Å²) >= 11 is 0.